The molecule has 2 heterocycles. The lowest BCUT2D eigenvalue weighted by atomic mass is 10.1. The van der Waals surface area contributed by atoms with Gasteiger partial charge in [-0.05, 0) is 62.6 Å². The third-order valence-corrected chi connectivity index (χ3v) is 5.93. The normalized spacial score (nSPS) is 15.4. The van der Waals surface area contributed by atoms with Crippen molar-refractivity contribution in [3.05, 3.63) is 53.0 Å². The van der Waals surface area contributed by atoms with Gasteiger partial charge in [0.1, 0.15) is 6.61 Å². The summed E-state index contributed by atoms with van der Waals surface area (Å²) < 4.78 is 11.8. The maximum atomic E-state index is 6.10. The highest BCUT2D eigenvalue weighted by Crippen LogP contribution is 2.40. The van der Waals surface area contributed by atoms with E-state index in [0.29, 0.717) is 6.61 Å². The van der Waals surface area contributed by atoms with E-state index in [9.17, 15) is 0 Å². The van der Waals surface area contributed by atoms with Crippen LogP contribution < -0.4 is 14.8 Å². The van der Waals surface area contributed by atoms with E-state index in [1.807, 2.05) is 31.3 Å². The van der Waals surface area contributed by atoms with Gasteiger partial charge in [0.2, 0.25) is 0 Å². The molecule has 1 saturated carbocycles. The van der Waals surface area contributed by atoms with Crippen LogP contribution in [0.1, 0.15) is 41.8 Å². The molecular formula is C24H27N3O2. The lowest BCUT2D eigenvalue weighted by Gasteiger charge is -2.17. The Morgan fingerprint density at radius 2 is 2.03 bits per heavy atom. The van der Waals surface area contributed by atoms with Crippen molar-refractivity contribution in [2.75, 3.05) is 19.0 Å². The molecule has 2 aliphatic carbocycles. The van der Waals surface area contributed by atoms with Crippen LogP contribution in [0.5, 0.6) is 11.5 Å². The number of aromatic nitrogens is 2. The van der Waals surface area contributed by atoms with Crippen LogP contribution in [0.15, 0.2) is 30.5 Å². The number of ether oxygens (including phenoxy) is 2. The van der Waals surface area contributed by atoms with Crippen LogP contribution in [0, 0.1) is 12.8 Å². The number of hydrogen-bond acceptors (Lipinski definition) is 5. The Morgan fingerprint density at radius 1 is 1.14 bits per heavy atom. The Hall–Kier alpha value is -2.82. The number of benzene rings is 1. The predicted octanol–water partition coefficient (Wildman–Crippen LogP) is 4.84. The first-order valence-electron chi connectivity index (χ1n) is 10.5. The topological polar surface area (TPSA) is 56.3 Å². The molecule has 0 aliphatic heterocycles. The number of rotatable bonds is 7. The van der Waals surface area contributed by atoms with Crippen molar-refractivity contribution in [3.63, 3.8) is 0 Å². The molecule has 5 heteroatoms. The van der Waals surface area contributed by atoms with Gasteiger partial charge in [-0.3, -0.25) is 9.97 Å². The smallest absolute Gasteiger partial charge is 0.163 e. The van der Waals surface area contributed by atoms with Crippen molar-refractivity contribution in [1.29, 1.82) is 0 Å². The lowest BCUT2D eigenvalue weighted by Crippen LogP contribution is -2.08. The Labute approximate surface area is 171 Å². The Morgan fingerprint density at radius 3 is 2.79 bits per heavy atom. The summed E-state index contributed by atoms with van der Waals surface area (Å²) in [6.07, 6.45) is 7.87. The van der Waals surface area contributed by atoms with E-state index in [2.05, 4.69) is 16.4 Å². The third-order valence-electron chi connectivity index (χ3n) is 5.93. The number of nitrogens with one attached hydrogen (secondary N) is 1. The molecule has 1 aromatic carbocycles. The van der Waals surface area contributed by atoms with Gasteiger partial charge in [0, 0.05) is 46.8 Å². The van der Waals surface area contributed by atoms with E-state index in [4.69, 9.17) is 14.5 Å². The minimum absolute atomic E-state index is 0.451. The second kappa shape index (κ2) is 7.54. The Balaban J connectivity index is 1.50. The molecule has 29 heavy (non-hydrogen) atoms. The average molecular weight is 389 g/mol. The second-order valence-electron chi connectivity index (χ2n) is 8.21. The van der Waals surface area contributed by atoms with Crippen LogP contribution in [-0.2, 0) is 19.4 Å². The molecule has 1 fully saturated rings. The molecule has 0 unspecified atom stereocenters. The predicted molar refractivity (Wildman–Crippen MR) is 115 cm³/mol. The van der Waals surface area contributed by atoms with Gasteiger partial charge >= 0.3 is 0 Å². The van der Waals surface area contributed by atoms with Crippen molar-refractivity contribution >= 4 is 16.6 Å². The van der Waals surface area contributed by atoms with Crippen LogP contribution in [0.25, 0.3) is 10.9 Å². The number of methoxy groups -OCH3 is 1. The molecule has 0 spiro atoms. The first-order valence-corrected chi connectivity index (χ1v) is 10.5. The van der Waals surface area contributed by atoms with E-state index in [1.165, 1.54) is 36.2 Å². The molecular weight excluding hydrogens is 362 g/mol. The fourth-order valence-electron chi connectivity index (χ4n) is 4.06. The summed E-state index contributed by atoms with van der Waals surface area (Å²) in [6, 6.07) is 8.15. The summed E-state index contributed by atoms with van der Waals surface area (Å²) >= 11 is 0. The Kier molecular flexibility index (Phi) is 4.74. The largest absolute Gasteiger partial charge is 0.493 e. The highest BCUT2D eigenvalue weighted by atomic mass is 16.5. The zero-order chi connectivity index (χ0) is 19.8. The summed E-state index contributed by atoms with van der Waals surface area (Å²) in [5.74, 6) is 2.29. The summed E-state index contributed by atoms with van der Waals surface area (Å²) in [4.78, 5) is 9.32. The molecule has 5 rings (SSSR count). The summed E-state index contributed by atoms with van der Waals surface area (Å²) in [7, 11) is 1.69. The van der Waals surface area contributed by atoms with E-state index in [1.54, 1.807) is 7.11 Å². The molecule has 2 aromatic heterocycles. The molecule has 0 bridgehead atoms. The SMILES string of the molecule is COc1cc2c(NCC3CC3)c3c(nc2cc1OCc1ccc(C)nc1)CCC3. The van der Waals surface area contributed by atoms with Crippen molar-refractivity contribution in [2.24, 2.45) is 5.92 Å². The standard InChI is InChI=1S/C24H27N3O2/c1-15-6-7-17(13-25-15)14-29-23-11-21-19(10-22(23)28-2)24(26-12-16-8-9-16)18-4-3-5-20(18)27-21/h6-7,10-11,13,16H,3-5,8-9,12,14H2,1-2H3,(H,26,27). The van der Waals surface area contributed by atoms with Gasteiger partial charge in [0.05, 0.1) is 12.6 Å². The van der Waals surface area contributed by atoms with Crippen molar-refractivity contribution < 1.29 is 9.47 Å². The van der Waals surface area contributed by atoms with Crippen LogP contribution in [0.3, 0.4) is 0 Å². The molecule has 1 N–H and O–H groups in total. The summed E-state index contributed by atoms with van der Waals surface area (Å²) in [5, 5.41) is 4.87. The van der Waals surface area contributed by atoms with Crippen LogP contribution >= 0.6 is 0 Å². The van der Waals surface area contributed by atoms with Crippen LogP contribution in [0.4, 0.5) is 5.69 Å². The average Bonchev–Trinajstić information content (AvgIpc) is 3.45. The fourth-order valence-corrected chi connectivity index (χ4v) is 4.06. The minimum Gasteiger partial charge on any atom is -0.493 e. The quantitative estimate of drug-likeness (QED) is 0.627. The molecule has 2 aliphatic rings. The number of fused-ring (bicyclic) bond motifs is 2. The van der Waals surface area contributed by atoms with E-state index < -0.39 is 0 Å². The number of nitrogens with zero attached hydrogens (tertiary/aromatic N) is 2. The first-order chi connectivity index (χ1) is 14.2. The minimum atomic E-state index is 0.451. The number of aryl methyl sites for hydroxylation is 2. The highest BCUT2D eigenvalue weighted by Gasteiger charge is 2.25. The number of pyridine rings is 2. The molecule has 0 radical (unpaired) electrons. The van der Waals surface area contributed by atoms with E-state index in [-0.39, 0.29) is 0 Å². The van der Waals surface area contributed by atoms with Gasteiger partial charge in [-0.15, -0.1) is 0 Å². The van der Waals surface area contributed by atoms with E-state index >= 15 is 0 Å². The van der Waals surface area contributed by atoms with Crippen LogP contribution in [-0.4, -0.2) is 23.6 Å². The van der Waals surface area contributed by atoms with E-state index in [0.717, 1.165) is 59.0 Å². The number of hydrogen-bond donors (Lipinski definition) is 1. The second-order valence-corrected chi connectivity index (χ2v) is 8.21. The third kappa shape index (κ3) is 3.74. The van der Waals surface area contributed by atoms with Crippen molar-refractivity contribution in [1.82, 2.24) is 9.97 Å². The Bertz CT molecular complexity index is 1040. The van der Waals surface area contributed by atoms with Crippen molar-refractivity contribution in [2.45, 2.75) is 45.6 Å². The molecule has 3 aromatic rings. The van der Waals surface area contributed by atoms with Gasteiger partial charge < -0.3 is 14.8 Å². The molecule has 5 nitrogen and oxygen atoms in total. The lowest BCUT2D eigenvalue weighted by molar-refractivity contribution is 0.284. The molecule has 0 atom stereocenters. The van der Waals surface area contributed by atoms with Gasteiger partial charge in [-0.2, -0.15) is 0 Å². The zero-order valence-electron chi connectivity index (χ0n) is 17.1. The maximum absolute atomic E-state index is 6.10. The fraction of sp³-hybridized carbons (Fsp3) is 0.417. The van der Waals surface area contributed by atoms with Gasteiger partial charge in [0.25, 0.3) is 0 Å². The zero-order valence-corrected chi connectivity index (χ0v) is 17.1. The van der Waals surface area contributed by atoms with Crippen LogP contribution in [0.2, 0.25) is 0 Å². The van der Waals surface area contributed by atoms with Crippen molar-refractivity contribution in [3.8, 4) is 11.5 Å². The molecule has 0 amide bonds. The monoisotopic (exact) mass is 389 g/mol. The number of anilines is 1. The molecule has 150 valence electrons. The van der Waals surface area contributed by atoms with Gasteiger partial charge in [-0.1, -0.05) is 6.07 Å². The molecule has 0 saturated heterocycles. The maximum Gasteiger partial charge on any atom is 0.163 e. The summed E-state index contributed by atoms with van der Waals surface area (Å²) in [6.45, 7) is 3.48. The highest BCUT2D eigenvalue weighted by molar-refractivity contribution is 5.96. The van der Waals surface area contributed by atoms with Gasteiger partial charge in [-0.25, -0.2) is 0 Å². The summed E-state index contributed by atoms with van der Waals surface area (Å²) in [5.41, 5.74) is 6.88. The van der Waals surface area contributed by atoms with Gasteiger partial charge in [0.15, 0.2) is 11.5 Å². The first kappa shape index (κ1) is 18.2.